The zero-order valence-electron chi connectivity index (χ0n) is 12.2. The molecule has 0 spiro atoms. The van der Waals surface area contributed by atoms with Crippen LogP contribution in [0.2, 0.25) is 0 Å². The molecule has 6 heteroatoms. The number of nitrogens with one attached hydrogen (secondary N) is 1. The number of halogens is 3. The molecule has 0 radical (unpaired) electrons. The molecule has 23 heavy (non-hydrogen) atoms. The number of methoxy groups -OCH3 is 1. The van der Waals surface area contributed by atoms with Crippen LogP contribution in [0.15, 0.2) is 54.7 Å². The molecule has 3 aromatic rings. The highest BCUT2D eigenvalue weighted by Gasteiger charge is 2.30. The summed E-state index contributed by atoms with van der Waals surface area (Å²) in [7, 11) is 1.57. The van der Waals surface area contributed by atoms with Gasteiger partial charge >= 0.3 is 6.18 Å². The maximum absolute atomic E-state index is 12.8. The van der Waals surface area contributed by atoms with Gasteiger partial charge in [0, 0.05) is 29.0 Å². The molecular weight excluding hydrogens is 305 g/mol. The molecule has 0 fully saturated rings. The number of anilines is 2. The van der Waals surface area contributed by atoms with E-state index in [0.29, 0.717) is 16.8 Å². The fraction of sp³-hybridized carbons (Fsp3) is 0.118. The Labute approximate surface area is 130 Å². The lowest BCUT2D eigenvalue weighted by Crippen LogP contribution is -2.04. The zero-order valence-corrected chi connectivity index (χ0v) is 12.2. The minimum atomic E-state index is -4.38. The highest BCUT2D eigenvalue weighted by molar-refractivity contribution is 5.93. The Kier molecular flexibility index (Phi) is 3.82. The highest BCUT2D eigenvalue weighted by Crippen LogP contribution is 2.33. The summed E-state index contributed by atoms with van der Waals surface area (Å²) in [6.07, 6.45) is -2.91. The van der Waals surface area contributed by atoms with Gasteiger partial charge in [-0.15, -0.1) is 0 Å². The molecule has 0 aliphatic rings. The van der Waals surface area contributed by atoms with Gasteiger partial charge in [0.25, 0.3) is 0 Å². The first-order valence-electron chi connectivity index (χ1n) is 6.84. The largest absolute Gasteiger partial charge is 0.497 e. The molecule has 3 nitrogen and oxygen atoms in total. The fourth-order valence-electron chi connectivity index (χ4n) is 2.29. The Morgan fingerprint density at radius 3 is 2.61 bits per heavy atom. The van der Waals surface area contributed by atoms with E-state index in [9.17, 15) is 13.2 Å². The van der Waals surface area contributed by atoms with Crippen molar-refractivity contribution in [2.75, 3.05) is 12.4 Å². The molecule has 0 aliphatic carbocycles. The molecule has 0 unspecified atom stereocenters. The second-order valence-corrected chi connectivity index (χ2v) is 4.95. The van der Waals surface area contributed by atoms with E-state index in [1.165, 1.54) is 12.3 Å². The Bertz CT molecular complexity index is 847. The van der Waals surface area contributed by atoms with Crippen LogP contribution in [0.3, 0.4) is 0 Å². The van der Waals surface area contributed by atoms with Crippen LogP contribution >= 0.6 is 0 Å². The number of rotatable bonds is 3. The van der Waals surface area contributed by atoms with Crippen LogP contribution in [0.1, 0.15) is 5.56 Å². The lowest BCUT2D eigenvalue weighted by molar-refractivity contribution is -0.137. The van der Waals surface area contributed by atoms with Crippen molar-refractivity contribution in [1.82, 2.24) is 4.98 Å². The van der Waals surface area contributed by atoms with Crippen molar-refractivity contribution in [3.63, 3.8) is 0 Å². The lowest BCUT2D eigenvalue weighted by Gasteiger charge is -2.12. The van der Waals surface area contributed by atoms with Crippen LogP contribution in [0, 0.1) is 0 Å². The Balaban J connectivity index is 2.01. The number of alkyl halides is 3. The maximum Gasteiger partial charge on any atom is 0.416 e. The SMILES string of the molecule is COc1cccc(Nc2ccnc3cc(C(F)(F)F)ccc23)c1. The molecule has 0 saturated carbocycles. The van der Waals surface area contributed by atoms with Crippen LogP contribution in [-0.4, -0.2) is 12.1 Å². The average molecular weight is 318 g/mol. The quantitative estimate of drug-likeness (QED) is 0.737. The van der Waals surface area contributed by atoms with Gasteiger partial charge in [0.15, 0.2) is 0 Å². The molecule has 0 amide bonds. The molecule has 2 aromatic carbocycles. The molecule has 0 aliphatic heterocycles. The summed E-state index contributed by atoms with van der Waals surface area (Å²) in [5.41, 5.74) is 1.03. The summed E-state index contributed by atoms with van der Waals surface area (Å²) < 4.78 is 43.5. The zero-order chi connectivity index (χ0) is 16.4. The van der Waals surface area contributed by atoms with E-state index in [0.717, 1.165) is 17.8 Å². The van der Waals surface area contributed by atoms with Crippen molar-refractivity contribution in [1.29, 1.82) is 0 Å². The van der Waals surface area contributed by atoms with E-state index in [2.05, 4.69) is 10.3 Å². The molecule has 1 aromatic heterocycles. The summed E-state index contributed by atoms with van der Waals surface area (Å²) in [4.78, 5) is 4.03. The van der Waals surface area contributed by atoms with Gasteiger partial charge in [0.05, 0.1) is 18.2 Å². The van der Waals surface area contributed by atoms with Crippen LogP contribution in [-0.2, 0) is 6.18 Å². The molecule has 0 atom stereocenters. The number of nitrogens with zero attached hydrogens (tertiary/aromatic N) is 1. The summed E-state index contributed by atoms with van der Waals surface area (Å²) in [6, 6.07) is 12.5. The molecule has 0 saturated heterocycles. The average Bonchev–Trinajstić information content (AvgIpc) is 2.54. The van der Waals surface area contributed by atoms with Gasteiger partial charge in [0.1, 0.15) is 5.75 Å². The molecule has 0 bridgehead atoms. The van der Waals surface area contributed by atoms with Crippen LogP contribution in [0.4, 0.5) is 24.5 Å². The number of aromatic nitrogens is 1. The first-order valence-corrected chi connectivity index (χ1v) is 6.84. The van der Waals surface area contributed by atoms with E-state index in [4.69, 9.17) is 4.74 Å². The highest BCUT2D eigenvalue weighted by atomic mass is 19.4. The van der Waals surface area contributed by atoms with E-state index < -0.39 is 11.7 Å². The first-order chi connectivity index (χ1) is 11.0. The number of benzene rings is 2. The number of hydrogen-bond donors (Lipinski definition) is 1. The molecule has 1 N–H and O–H groups in total. The second-order valence-electron chi connectivity index (χ2n) is 4.95. The smallest absolute Gasteiger partial charge is 0.416 e. The van der Waals surface area contributed by atoms with Gasteiger partial charge < -0.3 is 10.1 Å². The number of pyridine rings is 1. The van der Waals surface area contributed by atoms with Gasteiger partial charge in [-0.3, -0.25) is 4.98 Å². The van der Waals surface area contributed by atoms with Gasteiger partial charge in [0.2, 0.25) is 0 Å². The van der Waals surface area contributed by atoms with Crippen LogP contribution < -0.4 is 10.1 Å². The minimum Gasteiger partial charge on any atom is -0.497 e. The third-order valence-corrected chi connectivity index (χ3v) is 3.42. The second kappa shape index (κ2) is 5.79. The van der Waals surface area contributed by atoms with Gasteiger partial charge in [-0.05, 0) is 30.3 Å². The number of ether oxygens (including phenoxy) is 1. The van der Waals surface area contributed by atoms with E-state index in [1.807, 2.05) is 18.2 Å². The summed E-state index contributed by atoms with van der Waals surface area (Å²) in [6.45, 7) is 0. The van der Waals surface area contributed by atoms with Gasteiger partial charge in [-0.1, -0.05) is 12.1 Å². The molecular formula is C17H13F3N2O. The fourth-order valence-corrected chi connectivity index (χ4v) is 2.29. The monoisotopic (exact) mass is 318 g/mol. The third kappa shape index (κ3) is 3.21. The summed E-state index contributed by atoms with van der Waals surface area (Å²) >= 11 is 0. The van der Waals surface area contributed by atoms with Crippen molar-refractivity contribution in [3.8, 4) is 5.75 Å². The van der Waals surface area contributed by atoms with Crippen LogP contribution in [0.25, 0.3) is 10.9 Å². The predicted molar refractivity (Wildman–Crippen MR) is 83.0 cm³/mol. The van der Waals surface area contributed by atoms with Crippen molar-refractivity contribution in [2.24, 2.45) is 0 Å². The summed E-state index contributed by atoms with van der Waals surface area (Å²) in [5, 5.41) is 3.79. The van der Waals surface area contributed by atoms with Gasteiger partial charge in [-0.25, -0.2) is 0 Å². The molecule has 1 heterocycles. The minimum absolute atomic E-state index is 0.285. The number of fused-ring (bicyclic) bond motifs is 1. The maximum atomic E-state index is 12.8. The van der Waals surface area contributed by atoms with Gasteiger partial charge in [-0.2, -0.15) is 13.2 Å². The lowest BCUT2D eigenvalue weighted by atomic mass is 10.1. The standard InChI is InChI=1S/C17H13F3N2O/c1-23-13-4-2-3-12(10-13)22-15-7-8-21-16-9-11(17(18,19)20)5-6-14(15)16/h2-10H,1H3,(H,21,22). The van der Waals surface area contributed by atoms with Crippen molar-refractivity contribution in [3.05, 3.63) is 60.3 Å². The number of hydrogen-bond acceptors (Lipinski definition) is 3. The Morgan fingerprint density at radius 1 is 1.04 bits per heavy atom. The van der Waals surface area contributed by atoms with Crippen molar-refractivity contribution >= 4 is 22.3 Å². The molecule has 3 rings (SSSR count). The van der Waals surface area contributed by atoms with E-state index >= 15 is 0 Å². The first kappa shape index (κ1) is 15.1. The van der Waals surface area contributed by atoms with Crippen molar-refractivity contribution < 1.29 is 17.9 Å². The third-order valence-electron chi connectivity index (χ3n) is 3.42. The Morgan fingerprint density at radius 2 is 1.87 bits per heavy atom. The normalized spacial score (nSPS) is 11.5. The predicted octanol–water partition coefficient (Wildman–Crippen LogP) is 5.01. The molecule has 118 valence electrons. The van der Waals surface area contributed by atoms with E-state index in [1.54, 1.807) is 19.2 Å². The Hall–Kier alpha value is -2.76. The van der Waals surface area contributed by atoms with E-state index in [-0.39, 0.29) is 5.52 Å². The van der Waals surface area contributed by atoms with Crippen LogP contribution in [0.5, 0.6) is 5.75 Å². The van der Waals surface area contributed by atoms with Crippen molar-refractivity contribution in [2.45, 2.75) is 6.18 Å². The summed E-state index contributed by atoms with van der Waals surface area (Å²) in [5.74, 6) is 0.688. The topological polar surface area (TPSA) is 34.1 Å².